The summed E-state index contributed by atoms with van der Waals surface area (Å²) in [6, 6.07) is 14.0. The Bertz CT molecular complexity index is 696. The van der Waals surface area contributed by atoms with Crippen LogP contribution in [0.2, 0.25) is 0 Å². The molecule has 0 unspecified atom stereocenters. The molecule has 0 fully saturated rings. The van der Waals surface area contributed by atoms with Crippen LogP contribution in [-0.2, 0) is 0 Å². The number of thiocarbonyl (C=S) groups is 1. The minimum absolute atomic E-state index is 0.813. The van der Waals surface area contributed by atoms with E-state index in [0.29, 0.717) is 0 Å². The Labute approximate surface area is 119 Å². The Balaban J connectivity index is 2.29. The monoisotopic (exact) mass is 263 g/mol. The molecule has 0 amide bonds. The molecular weight excluding hydrogens is 250 g/mol. The van der Waals surface area contributed by atoms with E-state index in [9.17, 15) is 0 Å². The van der Waals surface area contributed by atoms with E-state index in [1.54, 1.807) is 0 Å². The number of isothiocyanates is 1. The molecule has 2 heteroatoms. The van der Waals surface area contributed by atoms with Crippen molar-refractivity contribution in [1.29, 1.82) is 0 Å². The molecule has 0 aliphatic rings. The highest BCUT2D eigenvalue weighted by atomic mass is 32.1. The lowest BCUT2D eigenvalue weighted by atomic mass is 10.1. The summed E-state index contributed by atoms with van der Waals surface area (Å²) < 4.78 is 0. The third kappa shape index (κ3) is 3.63. The highest BCUT2D eigenvalue weighted by Crippen LogP contribution is 2.16. The standard InChI is InChI=1S/C17H13NS/c1-13-3-5-15(6-4-13)7-8-16-9-10-17(18-12-19)11-14(16)2/h3-6,9-11H,1-2H3. The number of hydrogen-bond donors (Lipinski definition) is 0. The van der Waals surface area contributed by atoms with Gasteiger partial charge in [0.05, 0.1) is 10.8 Å². The van der Waals surface area contributed by atoms with Gasteiger partial charge < -0.3 is 0 Å². The van der Waals surface area contributed by atoms with Crippen molar-refractivity contribution in [2.75, 3.05) is 0 Å². The average molecular weight is 263 g/mol. The van der Waals surface area contributed by atoms with Crippen molar-refractivity contribution in [3.05, 3.63) is 64.7 Å². The maximum absolute atomic E-state index is 4.59. The van der Waals surface area contributed by atoms with Crippen molar-refractivity contribution in [1.82, 2.24) is 0 Å². The number of rotatable bonds is 1. The van der Waals surface area contributed by atoms with Crippen LogP contribution in [0.4, 0.5) is 5.69 Å². The van der Waals surface area contributed by atoms with Crippen LogP contribution < -0.4 is 0 Å². The molecule has 1 nitrogen and oxygen atoms in total. The van der Waals surface area contributed by atoms with Gasteiger partial charge in [-0.2, -0.15) is 4.99 Å². The van der Waals surface area contributed by atoms with Crippen molar-refractivity contribution >= 4 is 23.1 Å². The highest BCUT2D eigenvalue weighted by Gasteiger charge is 1.96. The molecule has 0 bridgehead atoms. The topological polar surface area (TPSA) is 12.4 Å². The summed E-state index contributed by atoms with van der Waals surface area (Å²) in [4.78, 5) is 3.95. The normalized spacial score (nSPS) is 9.16. The molecule has 0 N–H and O–H groups in total. The summed E-state index contributed by atoms with van der Waals surface area (Å²) in [5, 5.41) is 2.37. The Morgan fingerprint density at radius 3 is 2.32 bits per heavy atom. The van der Waals surface area contributed by atoms with E-state index >= 15 is 0 Å². The molecule has 2 aromatic carbocycles. The predicted octanol–water partition coefficient (Wildman–Crippen LogP) is 4.44. The summed E-state index contributed by atoms with van der Waals surface area (Å²) in [5.74, 6) is 6.34. The fraction of sp³-hybridized carbons (Fsp3) is 0.118. The molecule has 0 aliphatic carbocycles. The van der Waals surface area contributed by atoms with Crippen LogP contribution >= 0.6 is 12.2 Å². The van der Waals surface area contributed by atoms with Crippen LogP contribution in [-0.4, -0.2) is 5.16 Å². The molecule has 0 aromatic heterocycles. The Morgan fingerprint density at radius 1 is 0.947 bits per heavy atom. The second-order valence-corrected chi connectivity index (χ2v) is 4.50. The second kappa shape index (κ2) is 6.11. The molecule has 19 heavy (non-hydrogen) atoms. The summed E-state index contributed by atoms with van der Waals surface area (Å²) >= 11 is 4.59. The summed E-state index contributed by atoms with van der Waals surface area (Å²) in [6.45, 7) is 4.08. The fourth-order valence-corrected chi connectivity index (χ4v) is 1.79. The van der Waals surface area contributed by atoms with Gasteiger partial charge in [-0.05, 0) is 62.0 Å². The third-order valence-corrected chi connectivity index (χ3v) is 2.87. The predicted molar refractivity (Wildman–Crippen MR) is 83.0 cm³/mol. The van der Waals surface area contributed by atoms with Crippen LogP contribution in [0.25, 0.3) is 0 Å². The first-order valence-electron chi connectivity index (χ1n) is 5.96. The van der Waals surface area contributed by atoms with E-state index in [1.165, 1.54) is 5.56 Å². The zero-order chi connectivity index (χ0) is 13.7. The van der Waals surface area contributed by atoms with Crippen LogP contribution in [0, 0.1) is 25.7 Å². The molecule has 0 spiro atoms. The zero-order valence-electron chi connectivity index (χ0n) is 10.9. The van der Waals surface area contributed by atoms with Crippen LogP contribution in [0.1, 0.15) is 22.3 Å². The highest BCUT2D eigenvalue weighted by molar-refractivity contribution is 7.78. The number of benzene rings is 2. The largest absolute Gasteiger partial charge is 0.195 e. The van der Waals surface area contributed by atoms with Crippen molar-refractivity contribution in [3.8, 4) is 11.8 Å². The minimum atomic E-state index is 0.813. The Morgan fingerprint density at radius 2 is 1.68 bits per heavy atom. The maximum atomic E-state index is 4.59. The molecule has 92 valence electrons. The first-order valence-corrected chi connectivity index (χ1v) is 6.37. The summed E-state index contributed by atoms with van der Waals surface area (Å²) in [6.07, 6.45) is 0. The van der Waals surface area contributed by atoms with E-state index in [4.69, 9.17) is 0 Å². The van der Waals surface area contributed by atoms with Crippen molar-refractivity contribution in [2.24, 2.45) is 4.99 Å². The van der Waals surface area contributed by atoms with Crippen LogP contribution in [0.5, 0.6) is 0 Å². The van der Waals surface area contributed by atoms with E-state index < -0.39 is 0 Å². The lowest BCUT2D eigenvalue weighted by molar-refractivity contribution is 1.41. The van der Waals surface area contributed by atoms with Gasteiger partial charge in [0.15, 0.2) is 0 Å². The number of nitrogens with zero attached hydrogens (tertiary/aromatic N) is 1. The Hall–Kier alpha value is -2.20. The van der Waals surface area contributed by atoms with Crippen molar-refractivity contribution < 1.29 is 0 Å². The van der Waals surface area contributed by atoms with Gasteiger partial charge in [-0.1, -0.05) is 29.5 Å². The van der Waals surface area contributed by atoms with E-state index in [0.717, 1.165) is 22.4 Å². The van der Waals surface area contributed by atoms with E-state index in [2.05, 4.69) is 53.3 Å². The van der Waals surface area contributed by atoms with Gasteiger partial charge in [-0.25, -0.2) is 0 Å². The zero-order valence-corrected chi connectivity index (χ0v) is 11.7. The first kappa shape index (κ1) is 13.2. The third-order valence-electron chi connectivity index (χ3n) is 2.78. The summed E-state index contributed by atoms with van der Waals surface area (Å²) in [7, 11) is 0. The molecule has 0 aliphatic heterocycles. The molecule has 2 rings (SSSR count). The second-order valence-electron chi connectivity index (χ2n) is 4.32. The van der Waals surface area contributed by atoms with Crippen molar-refractivity contribution in [3.63, 3.8) is 0 Å². The molecule has 0 saturated carbocycles. The maximum Gasteiger partial charge on any atom is 0.0743 e. The fourth-order valence-electron chi connectivity index (χ4n) is 1.69. The number of hydrogen-bond acceptors (Lipinski definition) is 2. The van der Waals surface area contributed by atoms with Crippen LogP contribution in [0.3, 0.4) is 0 Å². The lowest BCUT2D eigenvalue weighted by Gasteiger charge is -1.98. The van der Waals surface area contributed by atoms with Crippen molar-refractivity contribution in [2.45, 2.75) is 13.8 Å². The smallest absolute Gasteiger partial charge is 0.0743 e. The molecule has 0 atom stereocenters. The minimum Gasteiger partial charge on any atom is -0.195 e. The number of aliphatic imine (C=N–C) groups is 1. The number of aryl methyl sites for hydroxylation is 2. The Kier molecular flexibility index (Phi) is 4.26. The van der Waals surface area contributed by atoms with Gasteiger partial charge in [0.1, 0.15) is 0 Å². The van der Waals surface area contributed by atoms with Crippen LogP contribution in [0.15, 0.2) is 47.5 Å². The SMILES string of the molecule is Cc1ccc(C#Cc2ccc(N=C=S)cc2C)cc1. The van der Waals surface area contributed by atoms with Gasteiger partial charge in [-0.3, -0.25) is 0 Å². The molecule has 0 saturated heterocycles. The van der Waals surface area contributed by atoms with Gasteiger partial charge >= 0.3 is 0 Å². The van der Waals surface area contributed by atoms with Gasteiger partial charge in [0, 0.05) is 11.1 Å². The first-order chi connectivity index (χ1) is 9.19. The molecular formula is C17H13NS. The quantitative estimate of drug-likeness (QED) is 0.421. The van der Waals surface area contributed by atoms with Gasteiger partial charge in [-0.15, -0.1) is 0 Å². The lowest BCUT2D eigenvalue weighted by Crippen LogP contribution is -1.82. The molecule has 0 heterocycles. The molecule has 2 aromatic rings. The molecule has 0 radical (unpaired) electrons. The summed E-state index contributed by atoms with van der Waals surface area (Å²) in [5.41, 5.74) is 5.17. The average Bonchev–Trinajstić information content (AvgIpc) is 2.40. The van der Waals surface area contributed by atoms with E-state index in [-0.39, 0.29) is 0 Å². The van der Waals surface area contributed by atoms with Gasteiger partial charge in [0.2, 0.25) is 0 Å². The van der Waals surface area contributed by atoms with E-state index in [1.807, 2.05) is 37.3 Å². The van der Waals surface area contributed by atoms with Gasteiger partial charge in [0.25, 0.3) is 0 Å².